The van der Waals surface area contributed by atoms with Crippen molar-refractivity contribution in [1.29, 1.82) is 5.41 Å². The lowest BCUT2D eigenvalue weighted by Crippen LogP contribution is -2.58. The Bertz CT molecular complexity index is 922. The van der Waals surface area contributed by atoms with Crippen molar-refractivity contribution >= 4 is 21.8 Å². The van der Waals surface area contributed by atoms with Crippen molar-refractivity contribution in [3.8, 4) is 0 Å². The second kappa shape index (κ2) is 8.89. The van der Waals surface area contributed by atoms with Crippen LogP contribution in [0.2, 0.25) is 0 Å². The van der Waals surface area contributed by atoms with Gasteiger partial charge in [0.15, 0.2) is 5.60 Å². The van der Waals surface area contributed by atoms with Crippen LogP contribution in [0.3, 0.4) is 0 Å². The van der Waals surface area contributed by atoms with Crippen LogP contribution in [-0.2, 0) is 21.2 Å². The van der Waals surface area contributed by atoms with Crippen molar-refractivity contribution in [2.45, 2.75) is 37.0 Å². The largest absolute Gasteiger partial charge is 0.480 e. The van der Waals surface area contributed by atoms with Gasteiger partial charge in [0, 0.05) is 6.54 Å². The standard InChI is InChI=1S/C20H27N3O5S/c1-14(2)16-8-6-15(7-9-16)10-12-23(13-18(24)25)29(27,28)17-5-3-4-11-20(17,26)19(21)22/h3-9,11,14,17,26H,10,12-13H2,1-2H3,(H3,21,22)(H,24,25). The number of carbonyl (C=O) groups is 1. The Morgan fingerprint density at radius 3 is 2.41 bits per heavy atom. The first kappa shape index (κ1) is 22.8. The summed E-state index contributed by atoms with van der Waals surface area (Å²) in [5.74, 6) is -1.68. The van der Waals surface area contributed by atoms with Gasteiger partial charge in [0.1, 0.15) is 17.6 Å². The summed E-state index contributed by atoms with van der Waals surface area (Å²) in [5.41, 5.74) is 5.22. The van der Waals surface area contributed by atoms with E-state index in [-0.39, 0.29) is 6.54 Å². The lowest BCUT2D eigenvalue weighted by molar-refractivity contribution is -0.137. The van der Waals surface area contributed by atoms with Crippen LogP contribution in [-0.4, -0.2) is 58.7 Å². The fourth-order valence-corrected chi connectivity index (χ4v) is 5.02. The van der Waals surface area contributed by atoms with Crippen LogP contribution in [0.15, 0.2) is 48.6 Å². The average Bonchev–Trinajstić information content (AvgIpc) is 2.65. The number of aliphatic carboxylic acids is 1. The maximum Gasteiger partial charge on any atom is 0.318 e. The summed E-state index contributed by atoms with van der Waals surface area (Å²) < 4.78 is 27.2. The Morgan fingerprint density at radius 2 is 1.90 bits per heavy atom. The molecule has 9 heteroatoms. The normalized spacial score (nSPS) is 21.6. The van der Waals surface area contributed by atoms with E-state index in [1.807, 2.05) is 24.3 Å². The number of allylic oxidation sites excluding steroid dienone is 2. The lowest BCUT2D eigenvalue weighted by Gasteiger charge is -2.35. The fourth-order valence-electron chi connectivity index (χ4n) is 3.11. The molecule has 1 aliphatic carbocycles. The number of amidine groups is 1. The van der Waals surface area contributed by atoms with Gasteiger partial charge < -0.3 is 15.9 Å². The Balaban J connectivity index is 2.28. The summed E-state index contributed by atoms with van der Waals surface area (Å²) in [6, 6.07) is 7.69. The van der Waals surface area contributed by atoms with E-state index in [1.165, 1.54) is 18.2 Å². The number of carboxylic acids is 1. The van der Waals surface area contributed by atoms with Crippen LogP contribution in [0.1, 0.15) is 30.9 Å². The van der Waals surface area contributed by atoms with Crippen LogP contribution in [0.25, 0.3) is 0 Å². The third kappa shape index (κ3) is 5.11. The molecule has 1 aromatic carbocycles. The number of aliphatic hydroxyl groups is 1. The minimum Gasteiger partial charge on any atom is -0.480 e. The fraction of sp³-hybridized carbons (Fsp3) is 0.400. The van der Waals surface area contributed by atoms with E-state index >= 15 is 0 Å². The first-order chi connectivity index (χ1) is 13.5. The molecule has 2 atom stereocenters. The molecule has 0 heterocycles. The number of nitrogens with two attached hydrogens (primary N) is 1. The molecule has 0 aromatic heterocycles. The van der Waals surface area contributed by atoms with Crippen molar-refractivity contribution in [1.82, 2.24) is 4.31 Å². The molecule has 0 radical (unpaired) electrons. The summed E-state index contributed by atoms with van der Waals surface area (Å²) in [5, 5.41) is 25.9. The number of benzene rings is 1. The maximum absolute atomic E-state index is 13.2. The van der Waals surface area contributed by atoms with Gasteiger partial charge in [-0.25, -0.2) is 8.42 Å². The van der Waals surface area contributed by atoms with Crippen molar-refractivity contribution in [2.24, 2.45) is 5.73 Å². The zero-order chi connectivity index (χ0) is 21.8. The minimum atomic E-state index is -4.32. The van der Waals surface area contributed by atoms with Gasteiger partial charge in [0.2, 0.25) is 10.0 Å². The molecule has 29 heavy (non-hydrogen) atoms. The van der Waals surface area contributed by atoms with Gasteiger partial charge in [0.25, 0.3) is 0 Å². The molecule has 1 aromatic rings. The molecule has 8 nitrogen and oxygen atoms in total. The number of carboxylic acid groups (broad SMARTS) is 1. The van der Waals surface area contributed by atoms with Gasteiger partial charge in [-0.05, 0) is 29.5 Å². The predicted octanol–water partition coefficient (Wildman–Crippen LogP) is 1.23. The highest BCUT2D eigenvalue weighted by Gasteiger charge is 2.48. The topological polar surface area (TPSA) is 145 Å². The quantitative estimate of drug-likeness (QED) is 0.349. The van der Waals surface area contributed by atoms with Crippen LogP contribution in [0, 0.1) is 5.41 Å². The van der Waals surface area contributed by atoms with Gasteiger partial charge in [-0.2, -0.15) is 4.31 Å². The van der Waals surface area contributed by atoms with Crippen molar-refractivity contribution in [3.05, 3.63) is 59.7 Å². The van der Waals surface area contributed by atoms with Gasteiger partial charge >= 0.3 is 5.97 Å². The van der Waals surface area contributed by atoms with Crippen molar-refractivity contribution in [2.75, 3.05) is 13.1 Å². The van der Waals surface area contributed by atoms with Crippen LogP contribution in [0.4, 0.5) is 0 Å². The smallest absolute Gasteiger partial charge is 0.318 e. The Morgan fingerprint density at radius 1 is 1.28 bits per heavy atom. The second-order valence-corrected chi connectivity index (χ2v) is 9.38. The molecule has 0 saturated carbocycles. The summed E-state index contributed by atoms with van der Waals surface area (Å²) >= 11 is 0. The Labute approximate surface area is 170 Å². The molecule has 0 aliphatic heterocycles. The SMILES string of the molecule is CC(C)c1ccc(CCN(CC(=O)O)S(=O)(=O)C2C=CC=CC2(O)C(=N)N)cc1. The summed E-state index contributed by atoms with van der Waals surface area (Å²) in [6.45, 7) is 3.29. The number of rotatable bonds is 9. The molecule has 158 valence electrons. The number of nitrogens with zero attached hydrogens (tertiary/aromatic N) is 1. The molecular weight excluding hydrogens is 394 g/mol. The molecule has 5 N–H and O–H groups in total. The highest BCUT2D eigenvalue weighted by atomic mass is 32.2. The van der Waals surface area contributed by atoms with Crippen LogP contribution in [0.5, 0.6) is 0 Å². The second-order valence-electron chi connectivity index (χ2n) is 7.32. The third-order valence-electron chi connectivity index (χ3n) is 4.90. The average molecular weight is 422 g/mol. The zero-order valence-corrected chi connectivity index (χ0v) is 17.3. The van der Waals surface area contributed by atoms with Crippen LogP contribution < -0.4 is 5.73 Å². The van der Waals surface area contributed by atoms with Crippen LogP contribution >= 0.6 is 0 Å². The molecular formula is C20H27N3O5S. The zero-order valence-electron chi connectivity index (χ0n) is 16.4. The van der Waals surface area contributed by atoms with Gasteiger partial charge in [0.05, 0.1) is 0 Å². The van der Waals surface area contributed by atoms with E-state index in [9.17, 15) is 23.4 Å². The first-order valence-corrected chi connectivity index (χ1v) is 10.7. The third-order valence-corrected chi connectivity index (χ3v) is 7.09. The summed E-state index contributed by atoms with van der Waals surface area (Å²) in [6.07, 6.45) is 5.45. The van der Waals surface area contributed by atoms with Gasteiger partial charge in [-0.3, -0.25) is 10.2 Å². The molecule has 0 spiro atoms. The molecule has 0 bridgehead atoms. The van der Waals surface area contributed by atoms with E-state index < -0.39 is 39.2 Å². The first-order valence-electron chi connectivity index (χ1n) is 9.21. The van der Waals surface area contributed by atoms with Crippen molar-refractivity contribution in [3.63, 3.8) is 0 Å². The van der Waals surface area contributed by atoms with E-state index in [1.54, 1.807) is 0 Å². The summed E-state index contributed by atoms with van der Waals surface area (Å²) in [4.78, 5) is 11.3. The van der Waals surface area contributed by atoms with E-state index in [4.69, 9.17) is 11.1 Å². The highest BCUT2D eigenvalue weighted by Crippen LogP contribution is 2.27. The number of hydrogen-bond acceptors (Lipinski definition) is 5. The van der Waals surface area contributed by atoms with E-state index in [0.717, 1.165) is 21.5 Å². The molecule has 2 rings (SSSR count). The van der Waals surface area contributed by atoms with E-state index in [2.05, 4.69) is 13.8 Å². The number of hydrogen-bond donors (Lipinski definition) is 4. The molecule has 1 aliphatic rings. The Kier molecular flexibility index (Phi) is 6.99. The summed E-state index contributed by atoms with van der Waals surface area (Å²) in [7, 11) is -4.32. The predicted molar refractivity (Wildman–Crippen MR) is 111 cm³/mol. The number of sulfonamides is 1. The maximum atomic E-state index is 13.2. The van der Waals surface area contributed by atoms with Gasteiger partial charge in [-0.15, -0.1) is 0 Å². The minimum absolute atomic E-state index is 0.0856. The van der Waals surface area contributed by atoms with E-state index in [0.29, 0.717) is 12.3 Å². The molecule has 0 saturated heterocycles. The molecule has 2 unspecified atom stereocenters. The lowest BCUT2D eigenvalue weighted by atomic mass is 9.94. The monoisotopic (exact) mass is 421 g/mol. The number of nitrogens with one attached hydrogen (secondary N) is 1. The van der Waals surface area contributed by atoms with Crippen molar-refractivity contribution < 1.29 is 23.4 Å². The molecule has 0 fully saturated rings. The molecule has 0 amide bonds. The van der Waals surface area contributed by atoms with Gasteiger partial charge in [-0.1, -0.05) is 56.3 Å². The Hall–Kier alpha value is -2.49. The highest BCUT2D eigenvalue weighted by molar-refractivity contribution is 7.90.